The van der Waals surface area contributed by atoms with Gasteiger partial charge >= 0.3 is 0 Å². The minimum atomic E-state index is 0. The molecule has 4 nitrogen and oxygen atoms in total. The molecule has 0 amide bonds. The normalized spacial score (nSPS) is 16.1. The molecule has 2 aromatic rings. The van der Waals surface area contributed by atoms with Gasteiger partial charge in [-0.25, -0.2) is 0 Å². The number of halogens is 1. The molecule has 1 aliphatic heterocycles. The maximum absolute atomic E-state index is 4.40. The summed E-state index contributed by atoms with van der Waals surface area (Å²) < 4.78 is 0. The average molecular weight is 480 g/mol. The highest BCUT2D eigenvalue weighted by atomic mass is 127. The van der Waals surface area contributed by atoms with Crippen LogP contribution in [-0.4, -0.2) is 50.1 Å². The lowest BCUT2D eigenvalue weighted by atomic mass is 10.0. The molecule has 1 heterocycles. The number of rotatable bonds is 6. The Bertz CT molecular complexity index is 723. The van der Waals surface area contributed by atoms with Gasteiger partial charge in [0.1, 0.15) is 0 Å². The van der Waals surface area contributed by atoms with E-state index in [-0.39, 0.29) is 24.0 Å². The van der Waals surface area contributed by atoms with Crippen LogP contribution >= 0.6 is 24.0 Å². The van der Waals surface area contributed by atoms with Gasteiger partial charge in [0.15, 0.2) is 5.96 Å². The first kappa shape index (κ1) is 22.0. The molecule has 0 atom stereocenters. The number of benzene rings is 2. The summed E-state index contributed by atoms with van der Waals surface area (Å²) in [4.78, 5) is 6.96. The Morgan fingerprint density at radius 2 is 1.85 bits per heavy atom. The van der Waals surface area contributed by atoms with Crippen LogP contribution in [0.3, 0.4) is 0 Å². The third kappa shape index (κ3) is 6.64. The third-order valence-corrected chi connectivity index (χ3v) is 5.21. The lowest BCUT2D eigenvalue weighted by Gasteiger charge is -2.32. The molecule has 27 heavy (non-hydrogen) atoms. The zero-order chi connectivity index (χ0) is 18.2. The van der Waals surface area contributed by atoms with E-state index in [2.05, 4.69) is 69.9 Å². The van der Waals surface area contributed by atoms with E-state index in [4.69, 9.17) is 0 Å². The van der Waals surface area contributed by atoms with Crippen molar-refractivity contribution in [2.45, 2.75) is 38.6 Å². The predicted molar refractivity (Wildman–Crippen MR) is 127 cm³/mol. The fraction of sp³-hybridized carbons (Fsp3) is 0.500. The number of fused-ring (bicyclic) bond motifs is 1. The summed E-state index contributed by atoms with van der Waals surface area (Å²) in [5.41, 5.74) is 1.36. The second-order valence-electron chi connectivity index (χ2n) is 7.19. The van der Waals surface area contributed by atoms with E-state index in [1.54, 1.807) is 0 Å². The van der Waals surface area contributed by atoms with Crippen molar-refractivity contribution in [3.63, 3.8) is 0 Å². The van der Waals surface area contributed by atoms with Crippen molar-refractivity contribution in [3.05, 3.63) is 48.0 Å². The van der Waals surface area contributed by atoms with Gasteiger partial charge in [-0.05, 0) is 48.6 Å². The summed E-state index contributed by atoms with van der Waals surface area (Å²) in [6.45, 7) is 6.77. The van der Waals surface area contributed by atoms with Crippen LogP contribution in [0.1, 0.15) is 31.7 Å². The minimum absolute atomic E-state index is 0. The average Bonchev–Trinajstić information content (AvgIpc) is 2.68. The molecule has 0 bridgehead atoms. The van der Waals surface area contributed by atoms with Crippen molar-refractivity contribution in [1.82, 2.24) is 15.5 Å². The summed E-state index contributed by atoms with van der Waals surface area (Å²) in [5, 5.41) is 9.68. The number of piperidine rings is 1. The van der Waals surface area contributed by atoms with Gasteiger partial charge in [0.2, 0.25) is 0 Å². The maximum atomic E-state index is 4.40. The quantitative estimate of drug-likeness (QED) is 0.373. The fourth-order valence-electron chi connectivity index (χ4n) is 3.72. The highest BCUT2D eigenvalue weighted by Crippen LogP contribution is 2.15. The molecular formula is C22H33IN4. The van der Waals surface area contributed by atoms with Crippen molar-refractivity contribution >= 4 is 40.7 Å². The standard InChI is InChI=1S/C22H32N4.HI/c1-3-14-26-15-11-21(12-16-26)25-22(23-2)24-13-10-18-8-9-19-6-4-5-7-20(19)17-18;/h4-9,17,21H,3,10-16H2,1-2H3,(H2,23,24,25);1H. The van der Waals surface area contributed by atoms with Crippen LogP contribution in [-0.2, 0) is 6.42 Å². The largest absolute Gasteiger partial charge is 0.356 e. The molecule has 1 saturated heterocycles. The molecule has 148 valence electrons. The molecule has 1 aliphatic rings. The van der Waals surface area contributed by atoms with Gasteiger partial charge in [0.05, 0.1) is 0 Å². The molecule has 5 heteroatoms. The van der Waals surface area contributed by atoms with E-state index in [0.717, 1.165) is 18.9 Å². The molecule has 0 aromatic heterocycles. The van der Waals surface area contributed by atoms with E-state index in [9.17, 15) is 0 Å². The molecule has 1 fully saturated rings. The number of guanidine groups is 1. The number of nitrogens with one attached hydrogen (secondary N) is 2. The summed E-state index contributed by atoms with van der Waals surface area (Å²) >= 11 is 0. The van der Waals surface area contributed by atoms with Gasteiger partial charge in [-0.15, -0.1) is 24.0 Å². The second-order valence-corrected chi connectivity index (χ2v) is 7.19. The van der Waals surface area contributed by atoms with Gasteiger partial charge < -0.3 is 15.5 Å². The fourth-order valence-corrected chi connectivity index (χ4v) is 3.72. The van der Waals surface area contributed by atoms with Crippen molar-refractivity contribution in [2.75, 3.05) is 33.2 Å². The van der Waals surface area contributed by atoms with Crippen molar-refractivity contribution in [2.24, 2.45) is 4.99 Å². The molecule has 0 spiro atoms. The Kier molecular flexibility index (Phi) is 9.34. The van der Waals surface area contributed by atoms with Crippen LogP contribution in [0.2, 0.25) is 0 Å². The summed E-state index contributed by atoms with van der Waals surface area (Å²) in [6, 6.07) is 15.8. The van der Waals surface area contributed by atoms with Gasteiger partial charge in [-0.1, -0.05) is 49.4 Å². The summed E-state index contributed by atoms with van der Waals surface area (Å²) in [7, 11) is 1.86. The zero-order valence-corrected chi connectivity index (χ0v) is 18.9. The Morgan fingerprint density at radius 1 is 1.11 bits per heavy atom. The molecule has 0 saturated carbocycles. The first-order valence-corrected chi connectivity index (χ1v) is 9.95. The Balaban J connectivity index is 0.00000261. The number of likely N-dealkylation sites (tertiary alicyclic amines) is 1. The minimum Gasteiger partial charge on any atom is -0.356 e. The number of aliphatic imine (C=N–C) groups is 1. The first-order chi connectivity index (χ1) is 12.8. The maximum Gasteiger partial charge on any atom is 0.191 e. The zero-order valence-electron chi connectivity index (χ0n) is 16.6. The van der Waals surface area contributed by atoms with Crippen LogP contribution in [0.15, 0.2) is 47.5 Å². The SMILES string of the molecule is CCCN1CCC(NC(=NC)NCCc2ccc3ccccc3c2)CC1.I. The highest BCUT2D eigenvalue weighted by Gasteiger charge is 2.19. The van der Waals surface area contributed by atoms with E-state index in [1.807, 2.05) is 7.05 Å². The molecule has 2 aromatic carbocycles. The van der Waals surface area contributed by atoms with Gasteiger partial charge in [-0.2, -0.15) is 0 Å². The molecule has 0 unspecified atom stereocenters. The molecule has 0 aliphatic carbocycles. The first-order valence-electron chi connectivity index (χ1n) is 9.95. The second kappa shape index (κ2) is 11.5. The van der Waals surface area contributed by atoms with Crippen molar-refractivity contribution < 1.29 is 0 Å². The highest BCUT2D eigenvalue weighted by molar-refractivity contribution is 14.0. The number of nitrogens with zero attached hydrogens (tertiary/aromatic N) is 2. The number of hydrogen-bond donors (Lipinski definition) is 2. The van der Waals surface area contributed by atoms with E-state index in [1.165, 1.54) is 55.2 Å². The Labute approximate surface area is 180 Å². The van der Waals surface area contributed by atoms with Crippen LogP contribution < -0.4 is 10.6 Å². The van der Waals surface area contributed by atoms with Gasteiger partial charge in [0.25, 0.3) is 0 Å². The molecule has 0 radical (unpaired) electrons. The smallest absolute Gasteiger partial charge is 0.191 e. The number of hydrogen-bond acceptors (Lipinski definition) is 2. The van der Waals surface area contributed by atoms with Gasteiger partial charge in [0, 0.05) is 32.7 Å². The third-order valence-electron chi connectivity index (χ3n) is 5.21. The van der Waals surface area contributed by atoms with E-state index >= 15 is 0 Å². The molecule has 3 rings (SSSR count). The monoisotopic (exact) mass is 480 g/mol. The van der Waals surface area contributed by atoms with Crippen LogP contribution in [0, 0.1) is 0 Å². The summed E-state index contributed by atoms with van der Waals surface area (Å²) in [6.07, 6.45) is 4.65. The topological polar surface area (TPSA) is 39.7 Å². The van der Waals surface area contributed by atoms with E-state index in [0.29, 0.717) is 6.04 Å². The lowest BCUT2D eigenvalue weighted by Crippen LogP contribution is -2.49. The summed E-state index contributed by atoms with van der Waals surface area (Å²) in [5.74, 6) is 0.930. The lowest BCUT2D eigenvalue weighted by molar-refractivity contribution is 0.206. The van der Waals surface area contributed by atoms with Crippen molar-refractivity contribution in [1.29, 1.82) is 0 Å². The van der Waals surface area contributed by atoms with Crippen LogP contribution in [0.5, 0.6) is 0 Å². The van der Waals surface area contributed by atoms with E-state index < -0.39 is 0 Å². The Hall–Kier alpha value is -1.34. The van der Waals surface area contributed by atoms with Crippen LogP contribution in [0.25, 0.3) is 10.8 Å². The van der Waals surface area contributed by atoms with Crippen molar-refractivity contribution in [3.8, 4) is 0 Å². The van der Waals surface area contributed by atoms with Gasteiger partial charge in [-0.3, -0.25) is 4.99 Å². The predicted octanol–water partition coefficient (Wildman–Crippen LogP) is 4.04. The molecular weight excluding hydrogens is 447 g/mol. The molecule has 2 N–H and O–H groups in total. The van der Waals surface area contributed by atoms with Crippen LogP contribution in [0.4, 0.5) is 0 Å². The Morgan fingerprint density at radius 3 is 2.56 bits per heavy atom.